The van der Waals surface area contributed by atoms with Gasteiger partial charge >= 0.3 is 0 Å². The summed E-state index contributed by atoms with van der Waals surface area (Å²) >= 11 is 0. The Hall–Kier alpha value is -6.00. The first-order valence-electron chi connectivity index (χ1n) is 14.8. The first-order valence-corrected chi connectivity index (χ1v) is 14.8. The van der Waals surface area contributed by atoms with Crippen molar-refractivity contribution in [3.8, 4) is 17.2 Å². The average Bonchev–Trinajstić information content (AvgIpc) is 3.64. The molecule has 44 heavy (non-hydrogen) atoms. The van der Waals surface area contributed by atoms with Crippen LogP contribution in [-0.2, 0) is 0 Å². The summed E-state index contributed by atoms with van der Waals surface area (Å²) in [7, 11) is 0. The highest BCUT2D eigenvalue weighted by Crippen LogP contribution is 2.44. The molecule has 0 saturated carbocycles. The van der Waals surface area contributed by atoms with Crippen LogP contribution in [0.5, 0.6) is 0 Å². The first kappa shape index (κ1) is 23.6. The van der Waals surface area contributed by atoms with Crippen LogP contribution in [-0.4, -0.2) is 14.5 Å². The molecule has 4 nitrogen and oxygen atoms in total. The number of nitrogens with zero attached hydrogens (tertiary/aromatic N) is 3. The van der Waals surface area contributed by atoms with Gasteiger partial charge in [0.2, 0.25) is 5.95 Å². The molecule has 4 heteroatoms. The standard InChI is InChI=1S/C40H23N3O/c1-2-12-26(13-3-1)39-35-27-14-6-4-10-24(27)18-20-30(35)41-40(42-39)43-31-21-19-25-11-5-7-15-28(25)36(31)38-32(43)22-23-34-37(38)29-16-8-9-17-33(29)44-34/h1-23H. The Morgan fingerprint density at radius 2 is 1.07 bits per heavy atom. The van der Waals surface area contributed by atoms with Gasteiger partial charge in [0.15, 0.2) is 0 Å². The smallest absolute Gasteiger partial charge is 0.235 e. The Labute approximate surface area is 251 Å². The van der Waals surface area contributed by atoms with E-state index in [1.807, 2.05) is 18.2 Å². The fraction of sp³-hybridized carbons (Fsp3) is 0. The third kappa shape index (κ3) is 3.17. The summed E-state index contributed by atoms with van der Waals surface area (Å²) in [5, 5.41) is 10.3. The van der Waals surface area contributed by atoms with Crippen molar-refractivity contribution in [2.24, 2.45) is 0 Å². The van der Waals surface area contributed by atoms with E-state index in [0.29, 0.717) is 5.95 Å². The van der Waals surface area contributed by atoms with Crippen molar-refractivity contribution in [3.63, 3.8) is 0 Å². The summed E-state index contributed by atoms with van der Waals surface area (Å²) in [6.45, 7) is 0. The summed E-state index contributed by atoms with van der Waals surface area (Å²) in [5.74, 6) is 0.647. The van der Waals surface area contributed by atoms with E-state index in [2.05, 4.69) is 126 Å². The maximum absolute atomic E-state index is 6.37. The van der Waals surface area contributed by atoms with E-state index in [9.17, 15) is 0 Å². The molecule has 0 aliphatic rings. The van der Waals surface area contributed by atoms with Crippen molar-refractivity contribution in [3.05, 3.63) is 140 Å². The van der Waals surface area contributed by atoms with Crippen LogP contribution in [0.2, 0.25) is 0 Å². The van der Waals surface area contributed by atoms with Gasteiger partial charge in [0.05, 0.1) is 22.2 Å². The molecule has 0 atom stereocenters. The van der Waals surface area contributed by atoms with Crippen LogP contribution in [0.3, 0.4) is 0 Å². The van der Waals surface area contributed by atoms with Gasteiger partial charge in [0.1, 0.15) is 11.2 Å². The lowest BCUT2D eigenvalue weighted by molar-refractivity contribution is 0.669. The lowest BCUT2D eigenvalue weighted by Gasteiger charge is -2.13. The maximum Gasteiger partial charge on any atom is 0.235 e. The van der Waals surface area contributed by atoms with Gasteiger partial charge in [0, 0.05) is 32.5 Å². The number of para-hydroxylation sites is 1. The van der Waals surface area contributed by atoms with Gasteiger partial charge in [-0.15, -0.1) is 0 Å². The minimum atomic E-state index is 0.647. The lowest BCUT2D eigenvalue weighted by Crippen LogP contribution is -2.03. The molecule has 7 aromatic carbocycles. The number of rotatable bonds is 2. The molecule has 0 unspecified atom stereocenters. The number of hydrogen-bond donors (Lipinski definition) is 0. The molecule has 10 aromatic rings. The molecule has 0 spiro atoms. The predicted octanol–water partition coefficient (Wildman–Crippen LogP) is 10.6. The third-order valence-electron chi connectivity index (χ3n) is 8.98. The zero-order valence-corrected chi connectivity index (χ0v) is 23.5. The molecular weight excluding hydrogens is 538 g/mol. The molecule has 0 aliphatic carbocycles. The van der Waals surface area contributed by atoms with Crippen LogP contribution >= 0.6 is 0 Å². The number of hydrogen-bond acceptors (Lipinski definition) is 3. The molecule has 0 N–H and O–H groups in total. The second kappa shape index (κ2) is 8.76. The second-order valence-electron chi connectivity index (χ2n) is 11.4. The Bertz CT molecular complexity index is 2770. The summed E-state index contributed by atoms with van der Waals surface area (Å²) in [4.78, 5) is 10.7. The van der Waals surface area contributed by atoms with E-state index in [1.54, 1.807) is 0 Å². The normalized spacial score (nSPS) is 12.1. The molecule has 10 rings (SSSR count). The molecule has 0 bridgehead atoms. The van der Waals surface area contributed by atoms with Gasteiger partial charge in [-0.2, -0.15) is 0 Å². The van der Waals surface area contributed by atoms with E-state index < -0.39 is 0 Å². The van der Waals surface area contributed by atoms with E-state index in [0.717, 1.165) is 65.9 Å². The Kier molecular flexibility index (Phi) is 4.69. The number of benzene rings is 7. The molecular formula is C40H23N3O. The molecule has 3 heterocycles. The Morgan fingerprint density at radius 3 is 1.89 bits per heavy atom. The highest BCUT2D eigenvalue weighted by Gasteiger charge is 2.23. The van der Waals surface area contributed by atoms with Crippen LogP contribution in [0.15, 0.2) is 144 Å². The van der Waals surface area contributed by atoms with Crippen molar-refractivity contribution >= 4 is 76.2 Å². The van der Waals surface area contributed by atoms with Crippen molar-refractivity contribution < 1.29 is 4.42 Å². The molecule has 0 radical (unpaired) electrons. The van der Waals surface area contributed by atoms with Gasteiger partial charge in [0.25, 0.3) is 0 Å². The summed E-state index contributed by atoms with van der Waals surface area (Å²) in [5.41, 5.74) is 6.78. The largest absolute Gasteiger partial charge is 0.456 e. The lowest BCUT2D eigenvalue weighted by atomic mass is 10.0. The minimum Gasteiger partial charge on any atom is -0.456 e. The van der Waals surface area contributed by atoms with Crippen molar-refractivity contribution in [2.45, 2.75) is 0 Å². The van der Waals surface area contributed by atoms with Crippen molar-refractivity contribution in [2.75, 3.05) is 0 Å². The Balaban J connectivity index is 1.42. The van der Waals surface area contributed by atoms with Crippen LogP contribution < -0.4 is 0 Å². The predicted molar refractivity (Wildman–Crippen MR) is 182 cm³/mol. The quantitative estimate of drug-likeness (QED) is 0.197. The van der Waals surface area contributed by atoms with E-state index in [-0.39, 0.29) is 0 Å². The highest BCUT2D eigenvalue weighted by atomic mass is 16.3. The zero-order chi connectivity index (χ0) is 28.8. The van der Waals surface area contributed by atoms with Crippen molar-refractivity contribution in [1.29, 1.82) is 0 Å². The fourth-order valence-corrected chi connectivity index (χ4v) is 7.10. The molecule has 0 fully saturated rings. The number of fused-ring (bicyclic) bond motifs is 12. The topological polar surface area (TPSA) is 43.9 Å². The molecule has 0 amide bonds. The van der Waals surface area contributed by atoms with Gasteiger partial charge in [-0.3, -0.25) is 4.57 Å². The second-order valence-corrected chi connectivity index (χ2v) is 11.4. The number of furan rings is 1. The van der Waals surface area contributed by atoms with E-state index in [1.165, 1.54) is 21.5 Å². The average molecular weight is 562 g/mol. The van der Waals surface area contributed by atoms with Crippen molar-refractivity contribution in [1.82, 2.24) is 14.5 Å². The zero-order valence-electron chi connectivity index (χ0n) is 23.5. The van der Waals surface area contributed by atoms with Gasteiger partial charge < -0.3 is 4.42 Å². The SMILES string of the molecule is c1ccc(-c2nc(-n3c4ccc5ccccc5c4c4c5c(ccc43)oc3ccccc35)nc3ccc4ccccc4c23)cc1. The van der Waals surface area contributed by atoms with E-state index in [4.69, 9.17) is 14.4 Å². The summed E-state index contributed by atoms with van der Waals surface area (Å²) in [6.07, 6.45) is 0. The molecule has 3 aromatic heterocycles. The third-order valence-corrected chi connectivity index (χ3v) is 8.98. The van der Waals surface area contributed by atoms with Gasteiger partial charge in [-0.05, 0) is 51.9 Å². The molecule has 0 aliphatic heterocycles. The summed E-state index contributed by atoms with van der Waals surface area (Å²) in [6, 6.07) is 48.8. The van der Waals surface area contributed by atoms with E-state index >= 15 is 0 Å². The Morgan fingerprint density at radius 1 is 0.432 bits per heavy atom. The monoisotopic (exact) mass is 561 g/mol. The fourth-order valence-electron chi connectivity index (χ4n) is 7.10. The first-order chi connectivity index (χ1) is 21.8. The van der Waals surface area contributed by atoms with Crippen LogP contribution in [0.1, 0.15) is 0 Å². The maximum atomic E-state index is 6.37. The van der Waals surface area contributed by atoms with Crippen LogP contribution in [0, 0.1) is 0 Å². The minimum absolute atomic E-state index is 0.647. The molecule has 204 valence electrons. The van der Waals surface area contributed by atoms with Crippen LogP contribution in [0.4, 0.5) is 0 Å². The van der Waals surface area contributed by atoms with Gasteiger partial charge in [-0.25, -0.2) is 9.97 Å². The van der Waals surface area contributed by atoms with Gasteiger partial charge in [-0.1, -0.05) is 109 Å². The molecule has 0 saturated heterocycles. The number of aromatic nitrogens is 3. The van der Waals surface area contributed by atoms with Crippen LogP contribution in [0.25, 0.3) is 93.4 Å². The summed E-state index contributed by atoms with van der Waals surface area (Å²) < 4.78 is 8.61. The highest BCUT2D eigenvalue weighted by molar-refractivity contribution is 6.32.